The van der Waals surface area contributed by atoms with Crippen molar-refractivity contribution in [2.75, 3.05) is 42.2 Å². The topological polar surface area (TPSA) is 75.9 Å². The van der Waals surface area contributed by atoms with Crippen molar-refractivity contribution >= 4 is 34.6 Å². The molecule has 0 aromatic carbocycles. The Morgan fingerprint density at radius 1 is 1.00 bits per heavy atom. The van der Waals surface area contributed by atoms with E-state index >= 15 is 0 Å². The minimum atomic E-state index is 0.823. The fourth-order valence-electron chi connectivity index (χ4n) is 3.09. The van der Waals surface area contributed by atoms with Crippen molar-refractivity contribution < 1.29 is 0 Å². The minimum absolute atomic E-state index is 0.823. The zero-order chi connectivity index (χ0) is 17.4. The Morgan fingerprint density at radius 3 is 2.52 bits per heavy atom. The van der Waals surface area contributed by atoms with Gasteiger partial charge < -0.3 is 14.4 Å². The van der Waals surface area contributed by atoms with Gasteiger partial charge in [0, 0.05) is 45.0 Å². The van der Waals surface area contributed by atoms with E-state index in [1.807, 2.05) is 24.8 Å². The Balaban J connectivity index is 1.54. The van der Waals surface area contributed by atoms with E-state index in [4.69, 9.17) is 0 Å². The van der Waals surface area contributed by atoms with Crippen LogP contribution in [0.5, 0.6) is 0 Å². The molecule has 0 atom stereocenters. The maximum Gasteiger partial charge on any atom is 0.189 e. The Labute approximate surface area is 150 Å². The van der Waals surface area contributed by atoms with Gasteiger partial charge in [0.2, 0.25) is 0 Å². The third-order valence-electron chi connectivity index (χ3n) is 4.38. The van der Waals surface area contributed by atoms with Crippen molar-refractivity contribution in [2.45, 2.75) is 12.1 Å². The van der Waals surface area contributed by atoms with Crippen molar-refractivity contribution in [3.63, 3.8) is 0 Å². The summed E-state index contributed by atoms with van der Waals surface area (Å²) in [4.78, 5) is 26.9. The second-order valence-corrected chi connectivity index (χ2v) is 6.83. The summed E-state index contributed by atoms with van der Waals surface area (Å²) in [5, 5.41) is 0.823. The van der Waals surface area contributed by atoms with Gasteiger partial charge >= 0.3 is 0 Å². The van der Waals surface area contributed by atoms with E-state index in [0.717, 1.165) is 59.8 Å². The van der Waals surface area contributed by atoms with E-state index in [2.05, 4.69) is 40.8 Å². The van der Waals surface area contributed by atoms with E-state index in [0.29, 0.717) is 0 Å². The van der Waals surface area contributed by atoms with E-state index in [1.54, 1.807) is 24.4 Å². The monoisotopic (exact) mass is 356 g/mol. The third-order valence-corrected chi connectivity index (χ3v) is 4.93. The van der Waals surface area contributed by atoms with Gasteiger partial charge in [-0.15, -0.1) is 0 Å². The normalized spacial score (nSPS) is 15.2. The molecule has 0 bridgehead atoms. The van der Waals surface area contributed by atoms with Crippen molar-refractivity contribution in [1.82, 2.24) is 29.5 Å². The van der Waals surface area contributed by atoms with E-state index in [1.165, 1.54) is 0 Å². The molecule has 9 heteroatoms. The molecular weight excluding hydrogens is 336 g/mol. The lowest BCUT2D eigenvalue weighted by Gasteiger charge is -2.36. The lowest BCUT2D eigenvalue weighted by molar-refractivity contribution is 0.638. The van der Waals surface area contributed by atoms with Crippen LogP contribution in [0.3, 0.4) is 0 Å². The zero-order valence-electron chi connectivity index (χ0n) is 14.5. The molecule has 130 valence electrons. The Kier molecular flexibility index (Phi) is 4.16. The molecule has 3 aromatic rings. The SMILES string of the molecule is CSc1nc(C)cc(N2CCN(c3ncnc4c3ncn4C)CC2)n1. The number of hydrogen-bond acceptors (Lipinski definition) is 8. The number of anilines is 2. The van der Waals surface area contributed by atoms with Gasteiger partial charge in [-0.25, -0.2) is 24.9 Å². The summed E-state index contributed by atoms with van der Waals surface area (Å²) in [6, 6.07) is 2.05. The Hall–Kier alpha value is -2.42. The number of hydrogen-bond donors (Lipinski definition) is 0. The molecule has 4 heterocycles. The first kappa shape index (κ1) is 16.1. The van der Waals surface area contributed by atoms with Gasteiger partial charge in [0.15, 0.2) is 22.1 Å². The number of aromatic nitrogens is 6. The minimum Gasteiger partial charge on any atom is -0.353 e. The highest BCUT2D eigenvalue weighted by Crippen LogP contribution is 2.24. The molecular formula is C16H20N8S. The number of rotatable bonds is 3. The van der Waals surface area contributed by atoms with E-state index in [-0.39, 0.29) is 0 Å². The van der Waals surface area contributed by atoms with Crippen LogP contribution in [0.25, 0.3) is 11.2 Å². The van der Waals surface area contributed by atoms with Gasteiger partial charge in [-0.1, -0.05) is 11.8 Å². The van der Waals surface area contributed by atoms with Crippen LogP contribution in [0, 0.1) is 6.92 Å². The van der Waals surface area contributed by atoms with Gasteiger partial charge in [0.05, 0.1) is 6.33 Å². The number of thioether (sulfide) groups is 1. The third kappa shape index (κ3) is 2.99. The molecule has 0 unspecified atom stereocenters. The average Bonchev–Trinajstić information content (AvgIpc) is 3.02. The maximum absolute atomic E-state index is 4.64. The molecule has 1 aliphatic heterocycles. The second-order valence-electron chi connectivity index (χ2n) is 6.05. The average molecular weight is 356 g/mol. The predicted molar refractivity (Wildman–Crippen MR) is 99.3 cm³/mol. The Bertz CT molecular complexity index is 900. The maximum atomic E-state index is 4.64. The lowest BCUT2D eigenvalue weighted by Crippen LogP contribution is -2.47. The standard InChI is InChI=1S/C16H20N8S/c1-11-8-12(21-16(20-11)25-3)23-4-6-24(7-5-23)15-13-14(17-9-18-15)22(2)10-19-13/h8-10H,4-7H2,1-3H3. The summed E-state index contributed by atoms with van der Waals surface area (Å²) < 4.78 is 1.92. The second kappa shape index (κ2) is 6.47. The fourth-order valence-corrected chi connectivity index (χ4v) is 3.51. The first-order valence-corrected chi connectivity index (χ1v) is 9.40. The van der Waals surface area contributed by atoms with Crippen LogP contribution < -0.4 is 9.80 Å². The molecule has 0 amide bonds. The summed E-state index contributed by atoms with van der Waals surface area (Å²) in [6.45, 7) is 5.55. The summed E-state index contributed by atoms with van der Waals surface area (Å²) in [6.07, 6.45) is 5.40. The Morgan fingerprint density at radius 2 is 1.76 bits per heavy atom. The number of piperazine rings is 1. The van der Waals surface area contributed by atoms with Crippen LogP contribution in [0.15, 0.2) is 23.9 Å². The predicted octanol–water partition coefficient (Wildman–Crippen LogP) is 1.51. The lowest BCUT2D eigenvalue weighted by atomic mass is 10.3. The van der Waals surface area contributed by atoms with E-state index < -0.39 is 0 Å². The van der Waals surface area contributed by atoms with Crippen molar-refractivity contribution in [3.05, 3.63) is 24.4 Å². The van der Waals surface area contributed by atoms with Crippen LogP contribution in [-0.2, 0) is 7.05 Å². The van der Waals surface area contributed by atoms with Gasteiger partial charge in [-0.2, -0.15) is 0 Å². The summed E-state index contributed by atoms with van der Waals surface area (Å²) in [5.74, 6) is 1.91. The largest absolute Gasteiger partial charge is 0.353 e. The fraction of sp³-hybridized carbons (Fsp3) is 0.438. The highest BCUT2D eigenvalue weighted by Gasteiger charge is 2.22. The molecule has 1 saturated heterocycles. The van der Waals surface area contributed by atoms with Gasteiger partial charge in [-0.3, -0.25) is 0 Å². The number of nitrogens with zero attached hydrogens (tertiary/aromatic N) is 8. The molecule has 25 heavy (non-hydrogen) atoms. The summed E-state index contributed by atoms with van der Waals surface area (Å²) >= 11 is 1.58. The van der Waals surface area contributed by atoms with Crippen molar-refractivity contribution in [1.29, 1.82) is 0 Å². The highest BCUT2D eigenvalue weighted by atomic mass is 32.2. The zero-order valence-corrected chi connectivity index (χ0v) is 15.4. The molecule has 8 nitrogen and oxygen atoms in total. The van der Waals surface area contributed by atoms with Crippen LogP contribution in [-0.4, -0.2) is 61.9 Å². The molecule has 1 aliphatic rings. The first-order valence-electron chi connectivity index (χ1n) is 8.17. The van der Waals surface area contributed by atoms with Crippen LogP contribution >= 0.6 is 11.8 Å². The summed E-state index contributed by atoms with van der Waals surface area (Å²) in [5.41, 5.74) is 2.73. The van der Waals surface area contributed by atoms with E-state index in [9.17, 15) is 0 Å². The molecule has 0 saturated carbocycles. The quantitative estimate of drug-likeness (QED) is 0.516. The first-order chi connectivity index (χ1) is 12.2. The molecule has 0 N–H and O–H groups in total. The number of imidazole rings is 1. The molecule has 1 fully saturated rings. The molecule has 0 spiro atoms. The van der Waals surface area contributed by atoms with Crippen LogP contribution in [0.1, 0.15) is 5.69 Å². The van der Waals surface area contributed by atoms with Gasteiger partial charge in [0.1, 0.15) is 12.1 Å². The van der Waals surface area contributed by atoms with Crippen molar-refractivity contribution in [3.8, 4) is 0 Å². The molecule has 0 radical (unpaired) electrons. The number of aryl methyl sites for hydroxylation is 2. The highest BCUT2D eigenvalue weighted by molar-refractivity contribution is 7.98. The van der Waals surface area contributed by atoms with Gasteiger partial charge in [0.25, 0.3) is 0 Å². The molecule has 3 aromatic heterocycles. The summed E-state index contributed by atoms with van der Waals surface area (Å²) in [7, 11) is 1.95. The molecule has 4 rings (SSSR count). The smallest absolute Gasteiger partial charge is 0.189 e. The van der Waals surface area contributed by atoms with Crippen molar-refractivity contribution in [2.24, 2.45) is 7.05 Å². The van der Waals surface area contributed by atoms with Crippen LogP contribution in [0.4, 0.5) is 11.6 Å². The molecule has 0 aliphatic carbocycles. The number of fused-ring (bicyclic) bond motifs is 1. The van der Waals surface area contributed by atoms with Crippen LogP contribution in [0.2, 0.25) is 0 Å². The van der Waals surface area contributed by atoms with Gasteiger partial charge in [-0.05, 0) is 13.2 Å².